The first-order valence-corrected chi connectivity index (χ1v) is 9.57. The predicted molar refractivity (Wildman–Crippen MR) is 108 cm³/mol. The Morgan fingerprint density at radius 1 is 1.11 bits per heavy atom. The Labute approximate surface area is 159 Å². The molecular formula is C23H23N3O. The van der Waals surface area contributed by atoms with Gasteiger partial charge in [0.25, 0.3) is 5.91 Å². The summed E-state index contributed by atoms with van der Waals surface area (Å²) in [6.45, 7) is 0.670. The Bertz CT molecular complexity index is 979. The molecule has 136 valence electrons. The molecule has 0 radical (unpaired) electrons. The third kappa shape index (κ3) is 4.05. The van der Waals surface area contributed by atoms with Crippen LogP contribution < -0.4 is 5.32 Å². The van der Waals surface area contributed by atoms with Crippen molar-refractivity contribution in [3.05, 3.63) is 72.1 Å². The van der Waals surface area contributed by atoms with E-state index in [1.807, 2.05) is 42.5 Å². The fraction of sp³-hybridized carbons (Fsp3) is 0.261. The van der Waals surface area contributed by atoms with Crippen LogP contribution in [0.4, 0.5) is 0 Å². The van der Waals surface area contributed by atoms with E-state index in [2.05, 4.69) is 16.4 Å². The molecule has 0 saturated carbocycles. The highest BCUT2D eigenvalue weighted by Crippen LogP contribution is 2.24. The van der Waals surface area contributed by atoms with E-state index in [4.69, 9.17) is 4.98 Å². The average Bonchev–Trinajstić information content (AvgIpc) is 2.74. The van der Waals surface area contributed by atoms with Crippen LogP contribution in [0.25, 0.3) is 22.2 Å². The van der Waals surface area contributed by atoms with Gasteiger partial charge in [-0.2, -0.15) is 0 Å². The summed E-state index contributed by atoms with van der Waals surface area (Å²) in [6, 6.07) is 13.5. The quantitative estimate of drug-likeness (QED) is 0.660. The summed E-state index contributed by atoms with van der Waals surface area (Å²) in [5.41, 5.74) is 4.62. The molecule has 0 bridgehead atoms. The number of allylic oxidation sites excluding steroid dienone is 1. The monoisotopic (exact) mass is 357 g/mol. The summed E-state index contributed by atoms with van der Waals surface area (Å²) in [5.74, 6) is -0.0462. The lowest BCUT2D eigenvalue weighted by molar-refractivity contribution is 0.0955. The Morgan fingerprint density at radius 2 is 2.04 bits per heavy atom. The van der Waals surface area contributed by atoms with E-state index in [-0.39, 0.29) is 5.91 Å². The van der Waals surface area contributed by atoms with Gasteiger partial charge in [-0.25, -0.2) is 4.98 Å². The molecule has 1 amide bonds. The molecule has 1 aromatic carbocycles. The number of para-hydroxylation sites is 1. The molecule has 0 unspecified atom stereocenters. The van der Waals surface area contributed by atoms with Crippen LogP contribution >= 0.6 is 0 Å². The van der Waals surface area contributed by atoms with Crippen LogP contribution in [0.2, 0.25) is 0 Å². The van der Waals surface area contributed by atoms with Gasteiger partial charge in [0.1, 0.15) is 0 Å². The lowest BCUT2D eigenvalue weighted by Gasteiger charge is -2.14. The van der Waals surface area contributed by atoms with E-state index in [9.17, 15) is 4.79 Å². The fourth-order valence-electron chi connectivity index (χ4n) is 3.59. The standard InChI is InChI=1S/C23H23N3O/c27-23(25-14-12-17-7-2-1-3-8-17)20-15-22(18-9-6-13-24-16-18)26-21-11-5-4-10-19(20)21/h4-7,9-11,13,15-16H,1-3,8,12,14H2,(H,25,27). The SMILES string of the molecule is O=C(NCCC1=CCCCC1)c1cc(-c2cccnc2)nc2ccccc12. The number of amides is 1. The number of nitrogens with one attached hydrogen (secondary N) is 1. The minimum Gasteiger partial charge on any atom is -0.352 e. The lowest BCUT2D eigenvalue weighted by atomic mass is 9.97. The van der Waals surface area contributed by atoms with Crippen molar-refractivity contribution in [2.45, 2.75) is 32.1 Å². The number of benzene rings is 1. The van der Waals surface area contributed by atoms with Gasteiger partial charge in [0.2, 0.25) is 0 Å². The molecule has 2 heterocycles. The zero-order valence-corrected chi connectivity index (χ0v) is 15.3. The summed E-state index contributed by atoms with van der Waals surface area (Å²) in [7, 11) is 0. The zero-order chi connectivity index (χ0) is 18.5. The van der Waals surface area contributed by atoms with Gasteiger partial charge >= 0.3 is 0 Å². The maximum atomic E-state index is 12.9. The smallest absolute Gasteiger partial charge is 0.252 e. The van der Waals surface area contributed by atoms with Gasteiger partial charge in [0, 0.05) is 29.9 Å². The third-order valence-electron chi connectivity index (χ3n) is 5.03. The topological polar surface area (TPSA) is 54.9 Å². The number of hydrogen-bond acceptors (Lipinski definition) is 3. The highest BCUT2D eigenvalue weighted by Gasteiger charge is 2.14. The van der Waals surface area contributed by atoms with Crippen molar-refractivity contribution < 1.29 is 4.79 Å². The van der Waals surface area contributed by atoms with Gasteiger partial charge in [0.05, 0.1) is 16.8 Å². The lowest BCUT2D eigenvalue weighted by Crippen LogP contribution is -2.25. The van der Waals surface area contributed by atoms with Crippen molar-refractivity contribution in [2.75, 3.05) is 6.54 Å². The summed E-state index contributed by atoms with van der Waals surface area (Å²) in [4.78, 5) is 21.8. The summed E-state index contributed by atoms with van der Waals surface area (Å²) < 4.78 is 0. The van der Waals surface area contributed by atoms with Crippen LogP contribution in [0.3, 0.4) is 0 Å². The number of pyridine rings is 2. The van der Waals surface area contributed by atoms with E-state index in [1.54, 1.807) is 12.4 Å². The molecule has 1 aliphatic carbocycles. The second-order valence-corrected chi connectivity index (χ2v) is 6.93. The minimum atomic E-state index is -0.0462. The van der Waals surface area contributed by atoms with Crippen molar-refractivity contribution in [2.24, 2.45) is 0 Å². The number of fused-ring (bicyclic) bond motifs is 1. The first kappa shape index (κ1) is 17.4. The second kappa shape index (κ2) is 8.12. The molecule has 4 heteroatoms. The molecule has 3 aromatic rings. The molecule has 4 rings (SSSR count). The van der Waals surface area contributed by atoms with E-state index in [0.717, 1.165) is 28.6 Å². The highest BCUT2D eigenvalue weighted by molar-refractivity contribution is 6.07. The van der Waals surface area contributed by atoms with Crippen LogP contribution in [0, 0.1) is 0 Å². The summed E-state index contributed by atoms with van der Waals surface area (Å²) in [6.07, 6.45) is 11.7. The van der Waals surface area contributed by atoms with Crippen molar-refractivity contribution >= 4 is 16.8 Å². The number of hydrogen-bond donors (Lipinski definition) is 1. The Balaban J connectivity index is 1.59. The second-order valence-electron chi connectivity index (χ2n) is 6.93. The van der Waals surface area contributed by atoms with Gasteiger partial charge in [-0.1, -0.05) is 29.8 Å². The minimum absolute atomic E-state index is 0.0462. The molecule has 0 spiro atoms. The van der Waals surface area contributed by atoms with Crippen molar-refractivity contribution in [3.8, 4) is 11.3 Å². The molecule has 27 heavy (non-hydrogen) atoms. The number of aromatic nitrogens is 2. The van der Waals surface area contributed by atoms with E-state index in [1.165, 1.54) is 31.3 Å². The van der Waals surface area contributed by atoms with Crippen LogP contribution in [0.1, 0.15) is 42.5 Å². The summed E-state index contributed by atoms with van der Waals surface area (Å²) in [5, 5.41) is 3.97. The first-order chi connectivity index (χ1) is 13.3. The van der Waals surface area contributed by atoms with E-state index >= 15 is 0 Å². The van der Waals surface area contributed by atoms with Gasteiger partial charge in [0.15, 0.2) is 0 Å². The Kier molecular flexibility index (Phi) is 5.24. The molecule has 0 aliphatic heterocycles. The van der Waals surface area contributed by atoms with Crippen LogP contribution in [-0.4, -0.2) is 22.4 Å². The summed E-state index contributed by atoms with van der Waals surface area (Å²) >= 11 is 0. The van der Waals surface area contributed by atoms with Gasteiger partial charge < -0.3 is 5.32 Å². The zero-order valence-electron chi connectivity index (χ0n) is 15.3. The largest absolute Gasteiger partial charge is 0.352 e. The maximum Gasteiger partial charge on any atom is 0.252 e. The Hall–Kier alpha value is -3.01. The molecule has 0 atom stereocenters. The number of carbonyl (C=O) groups excluding carboxylic acids is 1. The molecule has 1 N–H and O–H groups in total. The average molecular weight is 357 g/mol. The van der Waals surface area contributed by atoms with Crippen molar-refractivity contribution in [3.63, 3.8) is 0 Å². The fourth-order valence-corrected chi connectivity index (χ4v) is 3.59. The molecule has 4 nitrogen and oxygen atoms in total. The molecule has 1 aliphatic rings. The third-order valence-corrected chi connectivity index (χ3v) is 5.03. The van der Waals surface area contributed by atoms with Gasteiger partial charge in [-0.15, -0.1) is 0 Å². The van der Waals surface area contributed by atoms with Crippen molar-refractivity contribution in [1.82, 2.24) is 15.3 Å². The molecule has 2 aromatic heterocycles. The predicted octanol–water partition coefficient (Wildman–Crippen LogP) is 4.92. The molecular weight excluding hydrogens is 334 g/mol. The van der Waals surface area contributed by atoms with Crippen molar-refractivity contribution in [1.29, 1.82) is 0 Å². The van der Waals surface area contributed by atoms with E-state index in [0.29, 0.717) is 12.1 Å². The first-order valence-electron chi connectivity index (χ1n) is 9.57. The highest BCUT2D eigenvalue weighted by atomic mass is 16.1. The number of carbonyl (C=O) groups is 1. The number of rotatable bonds is 5. The van der Waals surface area contributed by atoms with Crippen LogP contribution in [-0.2, 0) is 0 Å². The van der Waals surface area contributed by atoms with Gasteiger partial charge in [-0.3, -0.25) is 9.78 Å². The van der Waals surface area contributed by atoms with E-state index < -0.39 is 0 Å². The maximum absolute atomic E-state index is 12.9. The Morgan fingerprint density at radius 3 is 2.85 bits per heavy atom. The van der Waals surface area contributed by atoms with Crippen LogP contribution in [0.5, 0.6) is 0 Å². The number of nitrogens with zero attached hydrogens (tertiary/aromatic N) is 2. The van der Waals surface area contributed by atoms with Crippen LogP contribution in [0.15, 0.2) is 66.5 Å². The molecule has 0 saturated heterocycles. The van der Waals surface area contributed by atoms with Gasteiger partial charge in [-0.05, 0) is 56.4 Å². The molecule has 0 fully saturated rings. The normalized spacial score (nSPS) is 14.0.